The zero-order valence-electron chi connectivity index (χ0n) is 19.6. The molecule has 0 radical (unpaired) electrons. The molecule has 0 saturated carbocycles. The number of anilines is 1. The molecule has 0 bridgehead atoms. The summed E-state index contributed by atoms with van der Waals surface area (Å²) in [5, 5.41) is 7.01. The first kappa shape index (κ1) is 23.7. The van der Waals surface area contributed by atoms with Crippen molar-refractivity contribution in [2.45, 2.75) is 45.6 Å². The van der Waals surface area contributed by atoms with Crippen LogP contribution >= 0.6 is 0 Å². The quantitative estimate of drug-likeness (QED) is 0.335. The number of hydrogen-bond acceptors (Lipinski definition) is 5. The number of benzene rings is 1. The Labute approximate surface area is 192 Å². The fraction of sp³-hybridized carbons (Fsp3) is 0.520. The number of rotatable bonds is 10. The summed E-state index contributed by atoms with van der Waals surface area (Å²) in [6, 6.07) is 12.7. The van der Waals surface area contributed by atoms with Gasteiger partial charge in [-0.1, -0.05) is 12.1 Å². The number of hydrogen-bond donors (Lipinski definition) is 2. The molecule has 1 aliphatic rings. The van der Waals surface area contributed by atoms with E-state index in [1.807, 2.05) is 31.3 Å². The van der Waals surface area contributed by atoms with E-state index in [-0.39, 0.29) is 0 Å². The number of piperidine rings is 1. The van der Waals surface area contributed by atoms with Gasteiger partial charge in [0.2, 0.25) is 0 Å². The Morgan fingerprint density at radius 2 is 2.00 bits per heavy atom. The molecule has 2 N–H and O–H groups in total. The minimum Gasteiger partial charge on any atom is -0.493 e. The lowest BCUT2D eigenvalue weighted by atomic mass is 10.1. The molecule has 7 nitrogen and oxygen atoms in total. The predicted octanol–water partition coefficient (Wildman–Crippen LogP) is 3.65. The van der Waals surface area contributed by atoms with Crippen LogP contribution in [0.1, 0.15) is 38.7 Å². The third-order valence-corrected chi connectivity index (χ3v) is 5.57. The summed E-state index contributed by atoms with van der Waals surface area (Å²) in [6.45, 7) is 8.36. The van der Waals surface area contributed by atoms with E-state index in [0.717, 1.165) is 75.1 Å². The van der Waals surface area contributed by atoms with Crippen molar-refractivity contribution in [2.24, 2.45) is 4.99 Å². The van der Waals surface area contributed by atoms with Crippen LogP contribution in [0.2, 0.25) is 0 Å². The lowest BCUT2D eigenvalue weighted by Gasteiger charge is -2.33. The van der Waals surface area contributed by atoms with Crippen molar-refractivity contribution in [3.8, 4) is 11.5 Å². The molecule has 0 aliphatic carbocycles. The summed E-state index contributed by atoms with van der Waals surface area (Å²) >= 11 is 0. The van der Waals surface area contributed by atoms with Crippen LogP contribution in [0.15, 0.2) is 47.6 Å². The fourth-order valence-electron chi connectivity index (χ4n) is 3.93. The van der Waals surface area contributed by atoms with Gasteiger partial charge in [0, 0.05) is 38.4 Å². The van der Waals surface area contributed by atoms with Crippen LogP contribution in [-0.4, -0.2) is 56.9 Å². The molecular weight excluding hydrogens is 402 g/mol. The third-order valence-electron chi connectivity index (χ3n) is 5.57. The second-order valence-electron chi connectivity index (χ2n) is 7.88. The number of nitrogens with one attached hydrogen (secondary N) is 2. The molecule has 174 valence electrons. The maximum Gasteiger partial charge on any atom is 0.191 e. The molecule has 0 spiro atoms. The Morgan fingerprint density at radius 3 is 2.69 bits per heavy atom. The average molecular weight is 440 g/mol. The van der Waals surface area contributed by atoms with Gasteiger partial charge in [0.1, 0.15) is 5.82 Å². The molecule has 1 aliphatic heterocycles. The zero-order valence-corrected chi connectivity index (χ0v) is 19.6. The number of pyridine rings is 1. The summed E-state index contributed by atoms with van der Waals surface area (Å²) in [7, 11) is 1.67. The average Bonchev–Trinajstić information content (AvgIpc) is 2.83. The number of ether oxygens (including phenoxy) is 2. The number of aliphatic imine (C=N–C) groups is 1. The van der Waals surface area contributed by atoms with E-state index in [2.05, 4.69) is 45.6 Å². The lowest BCUT2D eigenvalue weighted by Crippen LogP contribution is -2.49. The minimum absolute atomic E-state index is 0.433. The number of guanidine groups is 1. The maximum absolute atomic E-state index is 5.69. The van der Waals surface area contributed by atoms with Gasteiger partial charge in [-0.3, -0.25) is 4.99 Å². The Morgan fingerprint density at radius 1 is 1.16 bits per heavy atom. The van der Waals surface area contributed by atoms with E-state index in [1.165, 1.54) is 5.56 Å². The van der Waals surface area contributed by atoms with Gasteiger partial charge in [-0.15, -0.1) is 0 Å². The first-order valence-electron chi connectivity index (χ1n) is 11.7. The molecule has 32 heavy (non-hydrogen) atoms. The largest absolute Gasteiger partial charge is 0.493 e. The SMILES string of the molecule is CCNC(=NCCCc1ccc(OC)c(OCC)c1)NC1CCN(c2ccccn2)CC1. The minimum atomic E-state index is 0.433. The number of aryl methyl sites for hydroxylation is 1. The van der Waals surface area contributed by atoms with Crippen LogP contribution in [0.3, 0.4) is 0 Å². The van der Waals surface area contributed by atoms with E-state index in [4.69, 9.17) is 14.5 Å². The Bertz CT molecular complexity index is 835. The monoisotopic (exact) mass is 439 g/mol. The van der Waals surface area contributed by atoms with Gasteiger partial charge in [-0.05, 0) is 69.4 Å². The van der Waals surface area contributed by atoms with Crippen LogP contribution in [0, 0.1) is 0 Å². The Balaban J connectivity index is 1.46. The first-order valence-corrected chi connectivity index (χ1v) is 11.7. The van der Waals surface area contributed by atoms with E-state index in [0.29, 0.717) is 12.6 Å². The summed E-state index contributed by atoms with van der Waals surface area (Å²) in [4.78, 5) is 11.6. The highest BCUT2D eigenvalue weighted by molar-refractivity contribution is 5.80. The molecule has 2 heterocycles. The highest BCUT2D eigenvalue weighted by Crippen LogP contribution is 2.28. The predicted molar refractivity (Wildman–Crippen MR) is 131 cm³/mol. The number of methoxy groups -OCH3 is 1. The molecule has 2 aromatic rings. The maximum atomic E-state index is 5.69. The molecule has 7 heteroatoms. The molecular formula is C25H37N5O2. The fourth-order valence-corrected chi connectivity index (χ4v) is 3.93. The molecule has 1 fully saturated rings. The first-order chi connectivity index (χ1) is 15.7. The van der Waals surface area contributed by atoms with Gasteiger partial charge < -0.3 is 25.0 Å². The Hall–Kier alpha value is -2.96. The van der Waals surface area contributed by atoms with Crippen LogP contribution in [0.4, 0.5) is 5.82 Å². The lowest BCUT2D eigenvalue weighted by molar-refractivity contribution is 0.310. The second kappa shape index (κ2) is 12.8. The highest BCUT2D eigenvalue weighted by atomic mass is 16.5. The number of aromatic nitrogens is 1. The van der Waals surface area contributed by atoms with Crippen molar-refractivity contribution in [3.63, 3.8) is 0 Å². The van der Waals surface area contributed by atoms with Gasteiger partial charge in [-0.2, -0.15) is 0 Å². The topological polar surface area (TPSA) is 71.0 Å². The zero-order chi connectivity index (χ0) is 22.6. The van der Waals surface area contributed by atoms with Gasteiger partial charge in [0.25, 0.3) is 0 Å². The third kappa shape index (κ3) is 7.04. The van der Waals surface area contributed by atoms with Crippen LogP contribution in [0.25, 0.3) is 0 Å². The van der Waals surface area contributed by atoms with Crippen molar-refractivity contribution in [1.29, 1.82) is 0 Å². The van der Waals surface area contributed by atoms with Gasteiger partial charge in [0.15, 0.2) is 17.5 Å². The van der Waals surface area contributed by atoms with Crippen molar-refractivity contribution >= 4 is 11.8 Å². The highest BCUT2D eigenvalue weighted by Gasteiger charge is 2.20. The van der Waals surface area contributed by atoms with Crippen molar-refractivity contribution in [2.75, 3.05) is 44.8 Å². The summed E-state index contributed by atoms with van der Waals surface area (Å²) in [5.74, 6) is 3.57. The van der Waals surface area contributed by atoms with Crippen LogP contribution < -0.4 is 25.0 Å². The molecule has 0 atom stereocenters. The molecule has 1 aromatic heterocycles. The van der Waals surface area contributed by atoms with E-state index >= 15 is 0 Å². The van der Waals surface area contributed by atoms with E-state index in [9.17, 15) is 0 Å². The molecule has 1 aromatic carbocycles. The standard InChI is InChI=1S/C25H37N5O2/c1-4-26-25(29-21-13-17-30(18-14-21)24-10-6-7-15-27-24)28-16-8-9-20-11-12-22(31-3)23(19-20)32-5-2/h6-7,10-12,15,19,21H,4-5,8-9,13-14,16-18H2,1-3H3,(H2,26,28,29). The molecule has 0 unspecified atom stereocenters. The van der Waals surface area contributed by atoms with Crippen LogP contribution in [0.5, 0.6) is 11.5 Å². The normalized spacial score (nSPS) is 14.8. The molecule has 3 rings (SSSR count). The second-order valence-corrected chi connectivity index (χ2v) is 7.88. The summed E-state index contributed by atoms with van der Waals surface area (Å²) in [6.07, 6.45) is 5.95. The van der Waals surface area contributed by atoms with Gasteiger partial charge in [0.05, 0.1) is 13.7 Å². The molecule has 0 amide bonds. The summed E-state index contributed by atoms with van der Waals surface area (Å²) in [5.41, 5.74) is 1.24. The van der Waals surface area contributed by atoms with Crippen molar-refractivity contribution in [3.05, 3.63) is 48.2 Å². The van der Waals surface area contributed by atoms with Gasteiger partial charge >= 0.3 is 0 Å². The number of nitrogens with zero attached hydrogens (tertiary/aromatic N) is 3. The summed E-state index contributed by atoms with van der Waals surface area (Å²) < 4.78 is 11.1. The molecule has 1 saturated heterocycles. The Kier molecular flexibility index (Phi) is 9.47. The van der Waals surface area contributed by atoms with Gasteiger partial charge in [-0.25, -0.2) is 4.98 Å². The van der Waals surface area contributed by atoms with Crippen molar-refractivity contribution < 1.29 is 9.47 Å². The van der Waals surface area contributed by atoms with Crippen LogP contribution in [-0.2, 0) is 6.42 Å². The van der Waals surface area contributed by atoms with E-state index < -0.39 is 0 Å². The smallest absolute Gasteiger partial charge is 0.191 e. The van der Waals surface area contributed by atoms with E-state index in [1.54, 1.807) is 7.11 Å². The van der Waals surface area contributed by atoms with Crippen molar-refractivity contribution in [1.82, 2.24) is 15.6 Å².